The molecule has 1 aliphatic rings. The molecule has 90 valence electrons. The van der Waals surface area contributed by atoms with Gasteiger partial charge >= 0.3 is 5.97 Å². The molecular weight excluding hydrogens is 224 g/mol. The predicted molar refractivity (Wildman–Crippen MR) is 60.2 cm³/mol. The summed E-state index contributed by atoms with van der Waals surface area (Å²) in [4.78, 5) is 19.3. The summed E-state index contributed by atoms with van der Waals surface area (Å²) < 4.78 is 0. The van der Waals surface area contributed by atoms with Gasteiger partial charge < -0.3 is 10.8 Å². The van der Waals surface area contributed by atoms with E-state index in [1.165, 1.54) is 6.21 Å². The van der Waals surface area contributed by atoms with Gasteiger partial charge in [-0.05, 0) is 6.07 Å². The van der Waals surface area contributed by atoms with Crippen LogP contribution in [0.25, 0.3) is 0 Å². The van der Waals surface area contributed by atoms with Crippen molar-refractivity contribution in [1.82, 2.24) is 0 Å². The molecule has 0 spiro atoms. The van der Waals surface area contributed by atoms with E-state index in [2.05, 4.69) is 9.88 Å². The van der Waals surface area contributed by atoms with Crippen molar-refractivity contribution in [2.75, 3.05) is 0 Å². The van der Waals surface area contributed by atoms with Crippen LogP contribution in [0.15, 0.2) is 29.3 Å². The number of hydrogen-bond acceptors (Lipinski definition) is 5. The van der Waals surface area contributed by atoms with Crippen molar-refractivity contribution >= 4 is 17.9 Å². The topological polar surface area (TPSA) is 105 Å². The molecular formula is C11H12N2O4. The van der Waals surface area contributed by atoms with Gasteiger partial charge in [0.25, 0.3) is 0 Å². The third-order valence-electron chi connectivity index (χ3n) is 2.78. The van der Waals surface area contributed by atoms with E-state index in [1.807, 2.05) is 0 Å². The average molecular weight is 236 g/mol. The molecule has 0 aromatic heterocycles. The van der Waals surface area contributed by atoms with Crippen LogP contribution in [0.3, 0.4) is 0 Å². The fraction of sp³-hybridized carbons (Fsp3) is 0.273. The zero-order valence-corrected chi connectivity index (χ0v) is 8.91. The zero-order valence-electron chi connectivity index (χ0n) is 8.91. The summed E-state index contributed by atoms with van der Waals surface area (Å²) in [5.41, 5.74) is 5.44. The number of nitrogens with zero attached hydrogens (tertiary/aromatic N) is 1. The number of aliphatic imine (C=N–C) groups is 1. The molecule has 0 radical (unpaired) electrons. The third-order valence-corrected chi connectivity index (χ3v) is 2.78. The second-order valence-corrected chi connectivity index (χ2v) is 3.90. The van der Waals surface area contributed by atoms with Gasteiger partial charge in [-0.25, -0.2) is 4.89 Å². The van der Waals surface area contributed by atoms with Crippen LogP contribution >= 0.6 is 0 Å². The summed E-state index contributed by atoms with van der Waals surface area (Å²) >= 11 is 0. The number of benzene rings is 1. The Morgan fingerprint density at radius 2 is 2.24 bits per heavy atom. The normalized spacial score (nSPS) is 23.4. The van der Waals surface area contributed by atoms with Gasteiger partial charge in [-0.2, -0.15) is 0 Å². The highest BCUT2D eigenvalue weighted by Crippen LogP contribution is 2.39. The minimum absolute atomic E-state index is 0.0840. The highest BCUT2D eigenvalue weighted by molar-refractivity contribution is 5.85. The lowest BCUT2D eigenvalue weighted by molar-refractivity contribution is -0.305. The van der Waals surface area contributed by atoms with Crippen molar-refractivity contribution in [3.8, 4) is 0 Å². The van der Waals surface area contributed by atoms with E-state index in [0.29, 0.717) is 11.3 Å². The van der Waals surface area contributed by atoms with E-state index in [4.69, 9.17) is 16.1 Å². The summed E-state index contributed by atoms with van der Waals surface area (Å²) in [6.07, 6.45) is 1.29. The van der Waals surface area contributed by atoms with Crippen molar-refractivity contribution in [1.29, 1.82) is 0 Å². The number of hydrogen-bond donors (Lipinski definition) is 3. The smallest absolute Gasteiger partial charge is 0.320 e. The van der Waals surface area contributed by atoms with Crippen LogP contribution in [0, 0.1) is 0 Å². The number of nitrogens with two attached hydrogens (primary N) is 1. The average Bonchev–Trinajstić information content (AvgIpc) is 2.69. The Balaban J connectivity index is 2.35. The lowest BCUT2D eigenvalue weighted by Crippen LogP contribution is -2.41. The maximum Gasteiger partial charge on any atom is 0.320 e. The first kappa shape index (κ1) is 11.7. The number of para-hydroxylation sites is 1. The van der Waals surface area contributed by atoms with Crippen LogP contribution in [-0.4, -0.2) is 28.6 Å². The Bertz CT molecular complexity index is 474. The Morgan fingerprint density at radius 3 is 2.88 bits per heavy atom. The molecule has 0 bridgehead atoms. The van der Waals surface area contributed by atoms with Gasteiger partial charge in [0.2, 0.25) is 0 Å². The molecule has 17 heavy (non-hydrogen) atoms. The summed E-state index contributed by atoms with van der Waals surface area (Å²) in [7, 11) is 0. The molecule has 0 saturated heterocycles. The monoisotopic (exact) mass is 236 g/mol. The first-order valence-electron chi connectivity index (χ1n) is 5.05. The van der Waals surface area contributed by atoms with E-state index >= 15 is 0 Å². The summed E-state index contributed by atoms with van der Waals surface area (Å²) in [5, 5.41) is 17.8. The van der Waals surface area contributed by atoms with Crippen molar-refractivity contribution in [3.63, 3.8) is 0 Å². The van der Waals surface area contributed by atoms with E-state index in [1.54, 1.807) is 24.3 Å². The van der Waals surface area contributed by atoms with Crippen LogP contribution in [0.5, 0.6) is 0 Å². The van der Waals surface area contributed by atoms with Crippen LogP contribution in [0.2, 0.25) is 0 Å². The Labute approximate surface area is 97.3 Å². The molecule has 4 N–H and O–H groups in total. The number of rotatable bonds is 4. The standard InChI is InChI=1S/C11H12N2O4/c12-8(10(14)15)5-11(17-16)6-13-9-4-2-1-3-7(9)11/h1-4,6,8,16H,5,12H2,(H,14,15)/t8-,11-/m0/s1. The molecule has 0 amide bonds. The van der Waals surface area contributed by atoms with Gasteiger partial charge in [-0.1, -0.05) is 18.2 Å². The molecule has 0 saturated carbocycles. The van der Waals surface area contributed by atoms with E-state index < -0.39 is 17.6 Å². The van der Waals surface area contributed by atoms with Crippen molar-refractivity contribution < 1.29 is 20.0 Å². The van der Waals surface area contributed by atoms with Gasteiger partial charge in [0, 0.05) is 18.2 Å². The minimum atomic E-state index is -1.27. The van der Waals surface area contributed by atoms with Gasteiger partial charge in [0.1, 0.15) is 6.04 Å². The molecule has 1 aromatic rings. The second-order valence-electron chi connectivity index (χ2n) is 3.90. The fourth-order valence-electron chi connectivity index (χ4n) is 1.87. The molecule has 6 nitrogen and oxygen atoms in total. The maximum absolute atomic E-state index is 10.8. The molecule has 2 rings (SSSR count). The summed E-state index contributed by atoms with van der Waals surface area (Å²) in [6.45, 7) is 0. The van der Waals surface area contributed by atoms with E-state index in [0.717, 1.165) is 0 Å². The van der Waals surface area contributed by atoms with Gasteiger partial charge in [-0.15, -0.1) is 0 Å². The van der Waals surface area contributed by atoms with Crippen molar-refractivity contribution in [2.24, 2.45) is 10.7 Å². The molecule has 0 unspecified atom stereocenters. The zero-order chi connectivity index (χ0) is 12.5. The largest absolute Gasteiger partial charge is 0.480 e. The van der Waals surface area contributed by atoms with Gasteiger partial charge in [0.15, 0.2) is 5.60 Å². The van der Waals surface area contributed by atoms with Crippen LogP contribution in [0.4, 0.5) is 5.69 Å². The van der Waals surface area contributed by atoms with Gasteiger partial charge in [-0.3, -0.25) is 15.0 Å². The molecule has 0 aliphatic carbocycles. The quantitative estimate of drug-likeness (QED) is 0.531. The highest BCUT2D eigenvalue weighted by Gasteiger charge is 2.41. The number of fused-ring (bicyclic) bond motifs is 1. The van der Waals surface area contributed by atoms with Crippen molar-refractivity contribution in [2.45, 2.75) is 18.1 Å². The molecule has 0 fully saturated rings. The highest BCUT2D eigenvalue weighted by atomic mass is 17.1. The van der Waals surface area contributed by atoms with Gasteiger partial charge in [0.05, 0.1) is 5.69 Å². The van der Waals surface area contributed by atoms with E-state index in [9.17, 15) is 4.79 Å². The molecule has 1 aromatic carbocycles. The van der Waals surface area contributed by atoms with Crippen molar-refractivity contribution in [3.05, 3.63) is 29.8 Å². The molecule has 6 heteroatoms. The maximum atomic E-state index is 10.8. The Morgan fingerprint density at radius 1 is 1.53 bits per heavy atom. The minimum Gasteiger partial charge on any atom is -0.480 e. The predicted octanol–water partition coefficient (Wildman–Crippen LogP) is 0.889. The molecule has 2 atom stereocenters. The fourth-order valence-corrected chi connectivity index (χ4v) is 1.87. The SMILES string of the molecule is N[C@@H](C[C@]1(OO)C=Nc2ccccc21)C(=O)O. The number of aliphatic carboxylic acids is 1. The first-order chi connectivity index (χ1) is 8.09. The molecule has 1 aliphatic heterocycles. The number of carbonyl (C=O) groups is 1. The second kappa shape index (κ2) is 4.25. The summed E-state index contributed by atoms with van der Waals surface area (Å²) in [6, 6.07) is 5.88. The Kier molecular flexibility index (Phi) is 2.93. The van der Waals surface area contributed by atoms with E-state index in [-0.39, 0.29) is 6.42 Å². The van der Waals surface area contributed by atoms with Crippen LogP contribution < -0.4 is 5.73 Å². The van der Waals surface area contributed by atoms with Crippen LogP contribution in [-0.2, 0) is 15.3 Å². The Hall–Kier alpha value is -1.76. The summed E-state index contributed by atoms with van der Waals surface area (Å²) in [5.74, 6) is -1.15. The first-order valence-corrected chi connectivity index (χ1v) is 5.05. The molecule has 1 heterocycles. The van der Waals surface area contributed by atoms with Crippen LogP contribution in [0.1, 0.15) is 12.0 Å². The third kappa shape index (κ3) is 1.93. The number of carboxylic acids is 1. The lowest BCUT2D eigenvalue weighted by Gasteiger charge is -2.25. The lowest BCUT2D eigenvalue weighted by atomic mass is 9.89. The number of carboxylic acid groups (broad SMARTS) is 1.